The fraction of sp³-hybridized carbons (Fsp3) is 0.947. The molecule has 0 aromatic carbocycles. The van der Waals surface area contributed by atoms with Crippen molar-refractivity contribution in [2.45, 2.75) is 97.8 Å². The van der Waals surface area contributed by atoms with E-state index in [9.17, 15) is 4.79 Å². The second-order valence-corrected chi connectivity index (χ2v) is 8.31. The summed E-state index contributed by atoms with van der Waals surface area (Å²) in [6.07, 6.45) is 7.10. The van der Waals surface area contributed by atoms with E-state index in [0.717, 1.165) is 25.9 Å². The molecule has 23 heavy (non-hydrogen) atoms. The molecule has 0 spiro atoms. The molecule has 0 aromatic heterocycles. The molecule has 1 rings (SSSR count). The molecular formula is C19H38N2O2. The number of hydrogen-bond acceptors (Lipinski definition) is 3. The van der Waals surface area contributed by atoms with Crippen LogP contribution in [0.2, 0.25) is 0 Å². The minimum atomic E-state index is -0.432. The number of hydrogen-bond donors (Lipinski definition) is 1. The van der Waals surface area contributed by atoms with Crippen LogP contribution in [0.25, 0.3) is 0 Å². The first-order valence-electron chi connectivity index (χ1n) is 9.43. The van der Waals surface area contributed by atoms with E-state index in [1.54, 1.807) is 0 Å². The zero-order valence-electron chi connectivity index (χ0n) is 16.2. The average Bonchev–Trinajstić information content (AvgIpc) is 2.70. The Morgan fingerprint density at radius 3 is 2.17 bits per heavy atom. The number of nitrogens with zero attached hydrogens (tertiary/aromatic N) is 1. The van der Waals surface area contributed by atoms with Crippen LogP contribution in [0.5, 0.6) is 0 Å². The Hall–Kier alpha value is -0.770. The van der Waals surface area contributed by atoms with E-state index in [2.05, 4.69) is 26.1 Å². The van der Waals surface area contributed by atoms with E-state index in [4.69, 9.17) is 4.74 Å². The van der Waals surface area contributed by atoms with Crippen LogP contribution in [0.15, 0.2) is 0 Å². The summed E-state index contributed by atoms with van der Waals surface area (Å²) in [6, 6.07) is 0.799. The van der Waals surface area contributed by atoms with E-state index in [0.29, 0.717) is 18.0 Å². The summed E-state index contributed by atoms with van der Waals surface area (Å²) < 4.78 is 5.66. The lowest BCUT2D eigenvalue weighted by atomic mass is 10.1. The third-order valence-electron chi connectivity index (χ3n) is 4.71. The Bertz CT molecular complexity index is 342. The largest absolute Gasteiger partial charge is 0.444 e. The first-order valence-corrected chi connectivity index (χ1v) is 9.43. The topological polar surface area (TPSA) is 41.6 Å². The molecule has 1 saturated carbocycles. The molecule has 0 saturated heterocycles. The van der Waals surface area contributed by atoms with Gasteiger partial charge in [0.2, 0.25) is 0 Å². The van der Waals surface area contributed by atoms with E-state index in [-0.39, 0.29) is 6.09 Å². The zero-order valence-corrected chi connectivity index (χ0v) is 16.2. The minimum absolute atomic E-state index is 0.150. The monoisotopic (exact) mass is 326 g/mol. The Balaban J connectivity index is 2.65. The predicted octanol–water partition coefficient (Wildman–Crippen LogP) is 4.58. The molecule has 136 valence electrons. The van der Waals surface area contributed by atoms with Crippen LogP contribution in [-0.2, 0) is 4.74 Å². The average molecular weight is 327 g/mol. The maximum absolute atomic E-state index is 12.7. The summed E-state index contributed by atoms with van der Waals surface area (Å²) in [5, 5.41) is 3.54. The van der Waals surface area contributed by atoms with Crippen LogP contribution in [-0.4, -0.2) is 41.8 Å². The minimum Gasteiger partial charge on any atom is -0.444 e. The molecule has 4 heteroatoms. The molecule has 4 nitrogen and oxygen atoms in total. The van der Waals surface area contributed by atoms with Crippen molar-refractivity contribution in [1.82, 2.24) is 10.2 Å². The van der Waals surface area contributed by atoms with Gasteiger partial charge in [-0.2, -0.15) is 0 Å². The second kappa shape index (κ2) is 9.51. The number of ether oxygens (including phenoxy) is 1. The highest BCUT2D eigenvalue weighted by molar-refractivity contribution is 5.68. The maximum Gasteiger partial charge on any atom is 0.410 e. The Labute approximate surface area is 143 Å². The molecule has 1 N–H and O–H groups in total. The predicted molar refractivity (Wildman–Crippen MR) is 96.7 cm³/mol. The Morgan fingerprint density at radius 1 is 1.13 bits per heavy atom. The van der Waals surface area contributed by atoms with Crippen LogP contribution in [0.3, 0.4) is 0 Å². The van der Waals surface area contributed by atoms with E-state index in [1.807, 2.05) is 25.7 Å². The van der Waals surface area contributed by atoms with Gasteiger partial charge in [-0.15, -0.1) is 0 Å². The van der Waals surface area contributed by atoms with Crippen LogP contribution in [0.4, 0.5) is 4.79 Å². The quantitative estimate of drug-likeness (QED) is 0.726. The Kier molecular flexibility index (Phi) is 8.38. The van der Waals surface area contributed by atoms with Crippen molar-refractivity contribution in [2.75, 3.05) is 13.1 Å². The molecule has 1 fully saturated rings. The molecular weight excluding hydrogens is 288 g/mol. The van der Waals surface area contributed by atoms with Gasteiger partial charge in [-0.25, -0.2) is 4.79 Å². The molecule has 1 amide bonds. The van der Waals surface area contributed by atoms with Gasteiger partial charge in [-0.1, -0.05) is 39.5 Å². The number of amides is 1. The number of rotatable bonds is 6. The molecule has 0 radical (unpaired) electrons. The van der Waals surface area contributed by atoms with Gasteiger partial charge in [0.05, 0.1) is 0 Å². The third-order valence-corrected chi connectivity index (χ3v) is 4.71. The van der Waals surface area contributed by atoms with Crippen molar-refractivity contribution in [2.24, 2.45) is 5.92 Å². The summed E-state index contributed by atoms with van der Waals surface area (Å²) in [7, 11) is 0. The maximum atomic E-state index is 12.7. The van der Waals surface area contributed by atoms with Gasteiger partial charge < -0.3 is 15.0 Å². The number of nitrogens with one attached hydrogen (secondary N) is 1. The lowest BCUT2D eigenvalue weighted by molar-refractivity contribution is 0.0145. The normalized spacial score (nSPS) is 18.6. The van der Waals surface area contributed by atoms with Crippen molar-refractivity contribution in [3.8, 4) is 0 Å². The zero-order chi connectivity index (χ0) is 17.5. The van der Waals surface area contributed by atoms with E-state index in [1.165, 1.54) is 25.7 Å². The lowest BCUT2D eigenvalue weighted by Gasteiger charge is -2.33. The van der Waals surface area contributed by atoms with Gasteiger partial charge in [0.15, 0.2) is 0 Å². The molecule has 1 aliphatic rings. The molecule has 0 heterocycles. The summed E-state index contributed by atoms with van der Waals surface area (Å²) >= 11 is 0. The molecule has 0 aliphatic heterocycles. The van der Waals surface area contributed by atoms with Crippen molar-refractivity contribution in [3.05, 3.63) is 0 Å². The summed E-state index contributed by atoms with van der Waals surface area (Å²) in [6.45, 7) is 14.0. The second-order valence-electron chi connectivity index (χ2n) is 8.31. The van der Waals surface area contributed by atoms with Crippen molar-refractivity contribution < 1.29 is 9.53 Å². The van der Waals surface area contributed by atoms with Gasteiger partial charge in [-0.3, -0.25) is 0 Å². The molecule has 1 atom stereocenters. The SMILES string of the molecule is CC(C)C(C)NCCN(C(=O)OC(C)(C)C)C1CCCCCC1. The third kappa shape index (κ3) is 8.05. The van der Waals surface area contributed by atoms with E-state index < -0.39 is 5.60 Å². The fourth-order valence-electron chi connectivity index (χ4n) is 2.96. The van der Waals surface area contributed by atoms with Gasteiger partial charge in [0, 0.05) is 25.2 Å². The van der Waals surface area contributed by atoms with Crippen LogP contribution >= 0.6 is 0 Å². The highest BCUT2D eigenvalue weighted by Gasteiger charge is 2.28. The molecule has 1 aliphatic carbocycles. The number of carbonyl (C=O) groups is 1. The summed E-state index contributed by atoms with van der Waals surface area (Å²) in [4.78, 5) is 14.6. The smallest absolute Gasteiger partial charge is 0.410 e. The highest BCUT2D eigenvalue weighted by Crippen LogP contribution is 2.23. The molecule has 1 unspecified atom stereocenters. The highest BCUT2D eigenvalue weighted by atomic mass is 16.6. The summed E-state index contributed by atoms with van der Waals surface area (Å²) in [5.41, 5.74) is -0.432. The van der Waals surface area contributed by atoms with Gasteiger partial charge >= 0.3 is 6.09 Å². The van der Waals surface area contributed by atoms with Gasteiger partial charge in [0.1, 0.15) is 5.60 Å². The lowest BCUT2D eigenvalue weighted by Crippen LogP contribution is -2.47. The van der Waals surface area contributed by atoms with Crippen LogP contribution < -0.4 is 5.32 Å². The first-order chi connectivity index (χ1) is 10.7. The van der Waals surface area contributed by atoms with Crippen molar-refractivity contribution in [1.29, 1.82) is 0 Å². The van der Waals surface area contributed by atoms with E-state index >= 15 is 0 Å². The number of carbonyl (C=O) groups excluding carboxylic acids is 1. The van der Waals surface area contributed by atoms with Crippen LogP contribution in [0, 0.1) is 5.92 Å². The van der Waals surface area contributed by atoms with Gasteiger partial charge in [0.25, 0.3) is 0 Å². The Morgan fingerprint density at radius 2 is 1.70 bits per heavy atom. The van der Waals surface area contributed by atoms with Crippen molar-refractivity contribution in [3.63, 3.8) is 0 Å². The standard InChI is InChI=1S/C19H38N2O2/c1-15(2)16(3)20-13-14-21(18(22)23-19(4,5)6)17-11-9-7-8-10-12-17/h15-17,20H,7-14H2,1-6H3. The molecule has 0 bridgehead atoms. The van der Waals surface area contributed by atoms with Crippen LogP contribution in [0.1, 0.15) is 80.1 Å². The molecule has 0 aromatic rings. The fourth-order valence-corrected chi connectivity index (χ4v) is 2.96. The first kappa shape index (κ1) is 20.3. The van der Waals surface area contributed by atoms with Crippen molar-refractivity contribution >= 4 is 6.09 Å². The van der Waals surface area contributed by atoms with Gasteiger partial charge in [-0.05, 0) is 46.5 Å². The summed E-state index contributed by atoms with van der Waals surface area (Å²) in [5.74, 6) is 0.600.